The number of carbonyl (C=O) groups excluding carboxylic acids is 2. The van der Waals surface area contributed by atoms with Gasteiger partial charge >= 0.3 is 5.97 Å². The van der Waals surface area contributed by atoms with Gasteiger partial charge < -0.3 is 14.8 Å². The molecule has 2 aromatic carbocycles. The molecule has 0 aromatic heterocycles. The third-order valence-corrected chi connectivity index (χ3v) is 4.28. The monoisotopic (exact) mass is 351 g/mol. The fraction of sp³-hybridized carbons (Fsp3) is 0.238. The summed E-state index contributed by atoms with van der Waals surface area (Å²) in [5.41, 5.74) is 1.07. The van der Waals surface area contributed by atoms with Crippen molar-refractivity contribution in [2.75, 3.05) is 12.4 Å². The van der Waals surface area contributed by atoms with Gasteiger partial charge in [-0.25, -0.2) is 0 Å². The lowest BCUT2D eigenvalue weighted by Gasteiger charge is -2.16. The van der Waals surface area contributed by atoms with Crippen LogP contribution in [-0.2, 0) is 4.79 Å². The second-order valence-corrected chi connectivity index (χ2v) is 6.08. The van der Waals surface area contributed by atoms with Gasteiger partial charge in [-0.15, -0.1) is 0 Å². The van der Waals surface area contributed by atoms with Crippen LogP contribution in [0.5, 0.6) is 11.5 Å². The average Bonchev–Trinajstić information content (AvgIpc) is 2.70. The van der Waals surface area contributed by atoms with E-state index in [-0.39, 0.29) is 17.8 Å². The molecule has 1 atom stereocenters. The van der Waals surface area contributed by atoms with Crippen molar-refractivity contribution in [3.8, 4) is 11.5 Å². The molecular formula is C21H21NO4. The summed E-state index contributed by atoms with van der Waals surface area (Å²) in [6.07, 6.45) is 6.57. The van der Waals surface area contributed by atoms with Crippen LogP contribution in [0.1, 0.15) is 29.6 Å². The van der Waals surface area contributed by atoms with E-state index >= 15 is 0 Å². The predicted octanol–water partition coefficient (Wildman–Crippen LogP) is 4.21. The SMILES string of the molecule is COc1ccccc1C(=O)Nc1ccc(OC(=O)C2CC=CCC2)cc1. The van der Waals surface area contributed by atoms with Crippen molar-refractivity contribution in [2.24, 2.45) is 5.92 Å². The summed E-state index contributed by atoms with van der Waals surface area (Å²) in [4.78, 5) is 24.5. The molecule has 1 aliphatic rings. The van der Waals surface area contributed by atoms with Crippen molar-refractivity contribution in [3.63, 3.8) is 0 Å². The number of hydrogen-bond acceptors (Lipinski definition) is 4. The van der Waals surface area contributed by atoms with Gasteiger partial charge in [0.25, 0.3) is 5.91 Å². The van der Waals surface area contributed by atoms with Crippen LogP contribution in [0.3, 0.4) is 0 Å². The number of hydrogen-bond donors (Lipinski definition) is 1. The number of nitrogens with one attached hydrogen (secondary N) is 1. The van der Waals surface area contributed by atoms with Crippen LogP contribution in [0.2, 0.25) is 0 Å². The fourth-order valence-corrected chi connectivity index (χ4v) is 2.84. The summed E-state index contributed by atoms with van der Waals surface area (Å²) in [7, 11) is 1.53. The quantitative estimate of drug-likeness (QED) is 0.498. The first kappa shape index (κ1) is 17.7. The average molecular weight is 351 g/mol. The second kappa shape index (κ2) is 8.34. The highest BCUT2D eigenvalue weighted by Gasteiger charge is 2.20. The first-order valence-electron chi connectivity index (χ1n) is 8.58. The molecule has 134 valence electrons. The summed E-state index contributed by atoms with van der Waals surface area (Å²) in [6.45, 7) is 0. The van der Waals surface area contributed by atoms with Crippen LogP contribution in [0, 0.1) is 5.92 Å². The van der Waals surface area contributed by atoms with Gasteiger partial charge in [0.05, 0.1) is 18.6 Å². The van der Waals surface area contributed by atoms with Crippen LogP contribution in [0.15, 0.2) is 60.7 Å². The maximum Gasteiger partial charge on any atom is 0.314 e. The molecular weight excluding hydrogens is 330 g/mol. The van der Waals surface area contributed by atoms with Crippen molar-refractivity contribution >= 4 is 17.6 Å². The zero-order valence-electron chi connectivity index (χ0n) is 14.6. The molecule has 0 radical (unpaired) electrons. The van der Waals surface area contributed by atoms with E-state index in [4.69, 9.17) is 9.47 Å². The smallest absolute Gasteiger partial charge is 0.314 e. The number of allylic oxidation sites excluding steroid dienone is 2. The number of ether oxygens (including phenoxy) is 2. The largest absolute Gasteiger partial charge is 0.496 e. The molecule has 26 heavy (non-hydrogen) atoms. The molecule has 0 spiro atoms. The van der Waals surface area contributed by atoms with Gasteiger partial charge in [0.2, 0.25) is 0 Å². The van der Waals surface area contributed by atoms with E-state index in [1.807, 2.05) is 6.08 Å². The van der Waals surface area contributed by atoms with E-state index in [0.717, 1.165) is 19.3 Å². The maximum absolute atomic E-state index is 12.4. The number of esters is 1. The molecule has 1 amide bonds. The minimum absolute atomic E-state index is 0.0788. The third kappa shape index (κ3) is 4.30. The number of rotatable bonds is 5. The van der Waals surface area contributed by atoms with Gasteiger partial charge in [-0.3, -0.25) is 9.59 Å². The molecule has 5 nitrogen and oxygen atoms in total. The van der Waals surface area contributed by atoms with Gasteiger partial charge in [0.15, 0.2) is 0 Å². The number of amides is 1. The Morgan fingerprint density at radius 3 is 2.50 bits per heavy atom. The van der Waals surface area contributed by atoms with Crippen molar-refractivity contribution in [1.29, 1.82) is 0 Å². The fourth-order valence-electron chi connectivity index (χ4n) is 2.84. The number of anilines is 1. The van der Waals surface area contributed by atoms with Crippen molar-refractivity contribution in [1.82, 2.24) is 0 Å². The Labute approximate surface area is 152 Å². The molecule has 0 fully saturated rings. The number of carbonyl (C=O) groups is 2. The first-order chi connectivity index (χ1) is 12.7. The normalized spacial score (nSPS) is 16.0. The Hall–Kier alpha value is -3.08. The van der Waals surface area contributed by atoms with Crippen molar-refractivity contribution in [2.45, 2.75) is 19.3 Å². The Morgan fingerprint density at radius 1 is 1.04 bits per heavy atom. The second-order valence-electron chi connectivity index (χ2n) is 6.08. The summed E-state index contributed by atoms with van der Waals surface area (Å²) < 4.78 is 10.6. The lowest BCUT2D eigenvalue weighted by atomic mass is 9.95. The minimum Gasteiger partial charge on any atom is -0.496 e. The number of para-hydroxylation sites is 1. The summed E-state index contributed by atoms with van der Waals surface area (Å²) in [5, 5.41) is 2.81. The summed E-state index contributed by atoms with van der Waals surface area (Å²) in [5.74, 6) is 0.434. The molecule has 1 unspecified atom stereocenters. The molecule has 0 bridgehead atoms. The van der Waals surface area contributed by atoms with Gasteiger partial charge in [0, 0.05) is 5.69 Å². The van der Waals surface area contributed by atoms with Crippen LogP contribution >= 0.6 is 0 Å². The summed E-state index contributed by atoms with van der Waals surface area (Å²) in [6, 6.07) is 13.8. The van der Waals surface area contributed by atoms with Crippen LogP contribution < -0.4 is 14.8 Å². The summed E-state index contributed by atoms with van der Waals surface area (Å²) >= 11 is 0. The highest BCUT2D eigenvalue weighted by Crippen LogP contribution is 2.23. The van der Waals surface area contributed by atoms with Crippen LogP contribution in [0.4, 0.5) is 5.69 Å². The first-order valence-corrected chi connectivity index (χ1v) is 8.58. The van der Waals surface area contributed by atoms with E-state index in [1.165, 1.54) is 7.11 Å². The molecule has 0 heterocycles. The highest BCUT2D eigenvalue weighted by atomic mass is 16.5. The van der Waals surface area contributed by atoms with E-state index in [1.54, 1.807) is 48.5 Å². The van der Waals surface area contributed by atoms with E-state index in [2.05, 4.69) is 11.4 Å². The van der Waals surface area contributed by atoms with Crippen LogP contribution in [-0.4, -0.2) is 19.0 Å². The minimum atomic E-state index is -0.263. The molecule has 0 saturated carbocycles. The third-order valence-electron chi connectivity index (χ3n) is 4.28. The van der Waals surface area contributed by atoms with Crippen molar-refractivity contribution in [3.05, 3.63) is 66.2 Å². The topological polar surface area (TPSA) is 64.6 Å². The molecule has 0 aliphatic heterocycles. The van der Waals surface area contributed by atoms with Crippen LogP contribution in [0.25, 0.3) is 0 Å². The highest BCUT2D eigenvalue weighted by molar-refractivity contribution is 6.06. The van der Waals surface area contributed by atoms with Gasteiger partial charge in [-0.1, -0.05) is 24.3 Å². The molecule has 0 saturated heterocycles. The molecule has 2 aromatic rings. The Balaban J connectivity index is 1.61. The maximum atomic E-state index is 12.4. The van der Waals surface area contributed by atoms with E-state index < -0.39 is 0 Å². The van der Waals surface area contributed by atoms with E-state index in [0.29, 0.717) is 22.7 Å². The lowest BCUT2D eigenvalue weighted by molar-refractivity contribution is -0.139. The molecule has 1 aliphatic carbocycles. The van der Waals surface area contributed by atoms with Crippen molar-refractivity contribution < 1.29 is 19.1 Å². The predicted molar refractivity (Wildman–Crippen MR) is 99.5 cm³/mol. The Kier molecular flexibility index (Phi) is 5.69. The lowest BCUT2D eigenvalue weighted by Crippen LogP contribution is -2.21. The standard InChI is InChI=1S/C21H21NO4/c1-25-19-10-6-5-9-18(19)20(23)22-16-11-13-17(14-12-16)26-21(24)15-7-3-2-4-8-15/h2-3,5-6,9-15H,4,7-8H2,1H3,(H,22,23). The molecule has 3 rings (SSSR count). The van der Waals surface area contributed by atoms with Gasteiger partial charge in [-0.05, 0) is 55.7 Å². The number of methoxy groups -OCH3 is 1. The van der Waals surface area contributed by atoms with Gasteiger partial charge in [0.1, 0.15) is 11.5 Å². The molecule has 5 heteroatoms. The van der Waals surface area contributed by atoms with Gasteiger partial charge in [-0.2, -0.15) is 0 Å². The Morgan fingerprint density at radius 2 is 1.81 bits per heavy atom. The number of benzene rings is 2. The molecule has 1 N–H and O–H groups in total. The zero-order chi connectivity index (χ0) is 18.4. The van der Waals surface area contributed by atoms with E-state index in [9.17, 15) is 9.59 Å². The zero-order valence-corrected chi connectivity index (χ0v) is 14.6. The Bertz CT molecular complexity index is 811.